The predicted octanol–water partition coefficient (Wildman–Crippen LogP) is 3.46. The second-order valence-corrected chi connectivity index (χ2v) is 8.74. The standard InChI is InChI=1S/C26H30ClN7O4/c1-5-22(35)30-16-10-11-21(38-4)20(14-16)32-26-29-15-18(27)24(33-26)31-19-9-7-6-8-17(19)23(36)25(37)28-12-13-34(2)3/h5-11,14-15,23,36H,1,12-13H2,2-4H3,(H,28,37)(H,30,35)(H2,29,31,32,33). The fraction of sp³-hybridized carbons (Fsp3) is 0.231. The number of aliphatic hydroxyl groups is 1. The van der Waals surface area contributed by atoms with Gasteiger partial charge in [-0.1, -0.05) is 36.4 Å². The summed E-state index contributed by atoms with van der Waals surface area (Å²) in [7, 11) is 5.30. The Morgan fingerprint density at radius 3 is 2.66 bits per heavy atom. The van der Waals surface area contributed by atoms with Gasteiger partial charge in [0.2, 0.25) is 11.9 Å². The number of methoxy groups -OCH3 is 1. The molecule has 12 heteroatoms. The van der Waals surface area contributed by atoms with Crippen LogP contribution in [-0.2, 0) is 9.59 Å². The Kier molecular flexibility index (Phi) is 9.99. The van der Waals surface area contributed by atoms with Crippen LogP contribution in [0.3, 0.4) is 0 Å². The number of hydrogen-bond donors (Lipinski definition) is 5. The Labute approximate surface area is 225 Å². The van der Waals surface area contributed by atoms with E-state index in [0.29, 0.717) is 41.5 Å². The lowest BCUT2D eigenvalue weighted by atomic mass is 10.1. The van der Waals surface area contributed by atoms with E-state index in [0.717, 1.165) is 0 Å². The zero-order valence-corrected chi connectivity index (χ0v) is 22.0. The second kappa shape index (κ2) is 13.4. The molecular weight excluding hydrogens is 510 g/mol. The number of halogens is 1. The van der Waals surface area contributed by atoms with Crippen molar-refractivity contribution in [2.75, 3.05) is 50.2 Å². The maximum absolute atomic E-state index is 12.5. The number of nitrogens with one attached hydrogen (secondary N) is 4. The van der Waals surface area contributed by atoms with Crippen molar-refractivity contribution in [3.05, 3.63) is 71.9 Å². The van der Waals surface area contributed by atoms with Gasteiger partial charge in [-0.15, -0.1) is 0 Å². The number of anilines is 5. The summed E-state index contributed by atoms with van der Waals surface area (Å²) in [6.45, 7) is 4.48. The maximum atomic E-state index is 12.5. The molecule has 1 aromatic heterocycles. The number of rotatable bonds is 12. The summed E-state index contributed by atoms with van der Waals surface area (Å²) < 4.78 is 5.40. The molecule has 0 saturated carbocycles. The van der Waals surface area contributed by atoms with Crippen molar-refractivity contribution < 1.29 is 19.4 Å². The third-order valence-electron chi connectivity index (χ3n) is 5.26. The van der Waals surface area contributed by atoms with Gasteiger partial charge in [0.15, 0.2) is 11.9 Å². The summed E-state index contributed by atoms with van der Waals surface area (Å²) in [6.07, 6.45) is 1.17. The fourth-order valence-corrected chi connectivity index (χ4v) is 3.47. The molecule has 38 heavy (non-hydrogen) atoms. The first-order chi connectivity index (χ1) is 18.2. The van der Waals surface area contributed by atoms with E-state index in [1.54, 1.807) is 42.5 Å². The minimum Gasteiger partial charge on any atom is -0.495 e. The summed E-state index contributed by atoms with van der Waals surface area (Å²) in [5.41, 5.74) is 1.80. The first-order valence-electron chi connectivity index (χ1n) is 11.6. The molecule has 1 atom stereocenters. The van der Waals surface area contributed by atoms with Crippen LogP contribution in [0, 0.1) is 0 Å². The summed E-state index contributed by atoms with van der Waals surface area (Å²) in [6, 6.07) is 11.8. The Hall–Kier alpha value is -4.19. The van der Waals surface area contributed by atoms with Gasteiger partial charge in [0.1, 0.15) is 10.8 Å². The molecule has 0 aliphatic rings. The number of carbonyl (C=O) groups excluding carboxylic acids is 2. The molecule has 0 fully saturated rings. The smallest absolute Gasteiger partial charge is 0.253 e. The van der Waals surface area contributed by atoms with Crippen LogP contribution in [0.5, 0.6) is 5.75 Å². The van der Waals surface area contributed by atoms with E-state index >= 15 is 0 Å². The Morgan fingerprint density at radius 2 is 1.95 bits per heavy atom. The quantitative estimate of drug-likeness (QED) is 0.219. The minimum atomic E-state index is -1.41. The normalized spacial score (nSPS) is 11.4. The Balaban J connectivity index is 1.83. The number of aliphatic hydroxyl groups excluding tert-OH is 1. The highest BCUT2D eigenvalue weighted by molar-refractivity contribution is 6.33. The molecule has 200 valence electrons. The molecule has 3 aromatic rings. The predicted molar refractivity (Wildman–Crippen MR) is 148 cm³/mol. The molecular formula is C26H30ClN7O4. The summed E-state index contributed by atoms with van der Waals surface area (Å²) >= 11 is 6.36. The minimum absolute atomic E-state index is 0.182. The monoisotopic (exact) mass is 539 g/mol. The van der Waals surface area contributed by atoms with Gasteiger partial charge in [-0.05, 0) is 44.4 Å². The van der Waals surface area contributed by atoms with Crippen molar-refractivity contribution in [2.45, 2.75) is 6.10 Å². The molecule has 0 saturated heterocycles. The molecule has 0 spiro atoms. The lowest BCUT2D eigenvalue weighted by Gasteiger charge is -2.18. The fourth-order valence-electron chi connectivity index (χ4n) is 3.33. The van der Waals surface area contributed by atoms with Gasteiger partial charge in [0.25, 0.3) is 5.91 Å². The highest BCUT2D eigenvalue weighted by atomic mass is 35.5. The number of carbonyl (C=O) groups is 2. The number of ether oxygens (including phenoxy) is 1. The van der Waals surface area contributed by atoms with Crippen LogP contribution in [0.15, 0.2) is 61.3 Å². The molecule has 3 rings (SSSR count). The van der Waals surface area contributed by atoms with E-state index in [9.17, 15) is 14.7 Å². The first kappa shape index (κ1) is 28.4. The van der Waals surface area contributed by atoms with Gasteiger partial charge >= 0.3 is 0 Å². The lowest BCUT2D eigenvalue weighted by Crippen LogP contribution is -2.34. The van der Waals surface area contributed by atoms with E-state index in [2.05, 4.69) is 37.8 Å². The van der Waals surface area contributed by atoms with Crippen molar-refractivity contribution in [3.8, 4) is 5.75 Å². The number of nitrogens with zero attached hydrogens (tertiary/aromatic N) is 3. The van der Waals surface area contributed by atoms with Crippen molar-refractivity contribution >= 4 is 52.2 Å². The van der Waals surface area contributed by atoms with E-state index in [4.69, 9.17) is 16.3 Å². The Morgan fingerprint density at radius 1 is 1.18 bits per heavy atom. The molecule has 0 aliphatic carbocycles. The molecule has 1 heterocycles. The van der Waals surface area contributed by atoms with Gasteiger partial charge in [0, 0.05) is 30.0 Å². The third-order valence-corrected chi connectivity index (χ3v) is 5.53. The second-order valence-electron chi connectivity index (χ2n) is 8.33. The third kappa shape index (κ3) is 7.65. The number of likely N-dealkylation sites (N-methyl/N-ethyl adjacent to an activating group) is 1. The van der Waals surface area contributed by atoms with Gasteiger partial charge in [-0.25, -0.2) is 4.98 Å². The molecule has 0 aliphatic heterocycles. The number of benzene rings is 2. The van der Waals surface area contributed by atoms with Crippen LogP contribution >= 0.6 is 11.6 Å². The van der Waals surface area contributed by atoms with Gasteiger partial charge in [0.05, 0.1) is 19.0 Å². The lowest BCUT2D eigenvalue weighted by molar-refractivity contribution is -0.129. The van der Waals surface area contributed by atoms with Crippen molar-refractivity contribution in [2.24, 2.45) is 0 Å². The van der Waals surface area contributed by atoms with E-state index in [1.165, 1.54) is 19.4 Å². The molecule has 1 unspecified atom stereocenters. The summed E-state index contributed by atoms with van der Waals surface area (Å²) in [5, 5.41) is 22.5. The van der Waals surface area contributed by atoms with Crippen LogP contribution in [0.4, 0.5) is 28.8 Å². The first-order valence-corrected chi connectivity index (χ1v) is 12.0. The van der Waals surface area contributed by atoms with Gasteiger partial charge in [-0.3, -0.25) is 9.59 Å². The molecule has 2 aromatic carbocycles. The van der Waals surface area contributed by atoms with Crippen molar-refractivity contribution in [1.29, 1.82) is 0 Å². The molecule has 0 bridgehead atoms. The molecule has 0 radical (unpaired) electrons. The van der Waals surface area contributed by atoms with Crippen molar-refractivity contribution in [3.63, 3.8) is 0 Å². The van der Waals surface area contributed by atoms with Crippen LogP contribution < -0.4 is 26.0 Å². The summed E-state index contributed by atoms with van der Waals surface area (Å²) in [4.78, 5) is 34.8. The zero-order chi connectivity index (χ0) is 27.7. The number of aromatic nitrogens is 2. The average Bonchev–Trinajstić information content (AvgIpc) is 2.90. The highest BCUT2D eigenvalue weighted by Crippen LogP contribution is 2.32. The topological polar surface area (TPSA) is 141 Å². The molecule has 2 amide bonds. The SMILES string of the molecule is C=CC(=O)Nc1ccc(OC)c(Nc2ncc(Cl)c(Nc3ccccc3C(O)C(=O)NCCN(C)C)n2)c1. The summed E-state index contributed by atoms with van der Waals surface area (Å²) in [5.74, 6) is 0.0347. The van der Waals surface area contributed by atoms with Crippen LogP contribution in [0.25, 0.3) is 0 Å². The Bertz CT molecular complexity index is 1300. The van der Waals surface area contributed by atoms with Crippen molar-refractivity contribution in [1.82, 2.24) is 20.2 Å². The molecule has 5 N–H and O–H groups in total. The van der Waals surface area contributed by atoms with Crippen LogP contribution in [0.1, 0.15) is 11.7 Å². The van der Waals surface area contributed by atoms with E-state index < -0.39 is 12.0 Å². The maximum Gasteiger partial charge on any atom is 0.253 e. The largest absolute Gasteiger partial charge is 0.495 e. The number of amides is 2. The zero-order valence-electron chi connectivity index (χ0n) is 21.3. The van der Waals surface area contributed by atoms with Gasteiger partial charge in [-0.2, -0.15) is 4.98 Å². The highest BCUT2D eigenvalue weighted by Gasteiger charge is 2.21. The number of para-hydroxylation sites is 1. The number of hydrogen-bond acceptors (Lipinski definition) is 9. The van der Waals surface area contributed by atoms with E-state index in [1.807, 2.05) is 19.0 Å². The average molecular weight is 540 g/mol. The van der Waals surface area contributed by atoms with E-state index in [-0.39, 0.29) is 22.7 Å². The van der Waals surface area contributed by atoms with Crippen LogP contribution in [0.2, 0.25) is 5.02 Å². The van der Waals surface area contributed by atoms with Gasteiger partial charge < -0.3 is 36.0 Å². The van der Waals surface area contributed by atoms with Crippen LogP contribution in [-0.4, -0.2) is 66.1 Å². The molecule has 11 nitrogen and oxygen atoms in total.